The molecular formula is C20H27NO4S2. The van der Waals surface area contributed by atoms with Gasteiger partial charge in [-0.25, -0.2) is 4.21 Å². The molecule has 0 heterocycles. The van der Waals surface area contributed by atoms with Crippen LogP contribution in [0.3, 0.4) is 0 Å². The van der Waals surface area contributed by atoms with Crippen LogP contribution in [-0.4, -0.2) is 29.6 Å². The lowest BCUT2D eigenvalue weighted by atomic mass is 10.1. The van der Waals surface area contributed by atoms with Gasteiger partial charge in [-0.1, -0.05) is 62.1 Å². The van der Waals surface area contributed by atoms with Gasteiger partial charge in [0.25, 0.3) is 10.0 Å². The predicted octanol–water partition coefficient (Wildman–Crippen LogP) is 4.15. The van der Waals surface area contributed by atoms with Crippen molar-refractivity contribution in [1.29, 1.82) is 0 Å². The van der Waals surface area contributed by atoms with Crippen LogP contribution in [-0.2, 0) is 19.8 Å². The summed E-state index contributed by atoms with van der Waals surface area (Å²) in [6, 6.07) is 14.6. The van der Waals surface area contributed by atoms with E-state index in [1.165, 1.54) is 12.1 Å². The van der Waals surface area contributed by atoms with Gasteiger partial charge in [-0.05, 0) is 37.6 Å². The number of aliphatic hydroxyl groups excluding tert-OH is 1. The number of rotatable bonds is 9. The standard InChI is InChI=1S/C20H27NO4S2/c1-3-4-6-9-18(22)16-26(23,19-10-7-5-8-11-19)21-27(24,25)20-14-12-17(2)13-15-20/h5,7-8,10-15,18,22H,3-4,6,9,16H2,1-2H3/t18-,26-/m1/s1. The van der Waals surface area contributed by atoms with Crippen molar-refractivity contribution in [2.24, 2.45) is 3.77 Å². The molecule has 0 saturated heterocycles. The lowest BCUT2D eigenvalue weighted by Crippen LogP contribution is -2.22. The van der Waals surface area contributed by atoms with Gasteiger partial charge in [0.2, 0.25) is 0 Å². The molecule has 0 aliphatic carbocycles. The predicted molar refractivity (Wildman–Crippen MR) is 109 cm³/mol. The minimum absolute atomic E-state index is 0.00257. The van der Waals surface area contributed by atoms with Crippen molar-refractivity contribution in [3.05, 3.63) is 60.2 Å². The topological polar surface area (TPSA) is 83.8 Å². The van der Waals surface area contributed by atoms with Crippen LogP contribution in [0.1, 0.15) is 38.2 Å². The second-order valence-corrected chi connectivity index (χ2v) is 10.7. The SMILES string of the molecule is CCCCC[C@@H](O)C[S@](=O)(=NS(=O)(=O)c1ccc(C)cc1)c1ccccc1. The van der Waals surface area contributed by atoms with E-state index < -0.39 is 25.9 Å². The molecule has 2 atom stereocenters. The maximum Gasteiger partial charge on any atom is 0.290 e. The third-order valence-electron chi connectivity index (χ3n) is 4.21. The molecule has 0 spiro atoms. The van der Waals surface area contributed by atoms with E-state index in [1.54, 1.807) is 42.5 Å². The number of hydrogen-bond acceptors (Lipinski definition) is 4. The van der Waals surface area contributed by atoms with Crippen LogP contribution in [0, 0.1) is 6.92 Å². The number of unbranched alkanes of at least 4 members (excludes halogenated alkanes) is 2. The molecule has 0 radical (unpaired) electrons. The molecule has 0 fully saturated rings. The van der Waals surface area contributed by atoms with Crippen molar-refractivity contribution in [2.75, 3.05) is 5.75 Å². The van der Waals surface area contributed by atoms with Crippen molar-refractivity contribution in [2.45, 2.75) is 55.4 Å². The molecule has 0 aromatic heterocycles. The monoisotopic (exact) mass is 409 g/mol. The summed E-state index contributed by atoms with van der Waals surface area (Å²) in [6.07, 6.45) is 2.36. The fourth-order valence-corrected chi connectivity index (χ4v) is 6.83. The lowest BCUT2D eigenvalue weighted by Gasteiger charge is -2.15. The summed E-state index contributed by atoms with van der Waals surface area (Å²) < 4.78 is 42.9. The summed E-state index contributed by atoms with van der Waals surface area (Å²) in [5.41, 5.74) is 0.920. The average molecular weight is 410 g/mol. The maximum atomic E-state index is 13.6. The fourth-order valence-electron chi connectivity index (χ4n) is 2.69. The Morgan fingerprint density at radius 2 is 1.56 bits per heavy atom. The smallest absolute Gasteiger partial charge is 0.290 e. The first-order valence-electron chi connectivity index (χ1n) is 9.08. The van der Waals surface area contributed by atoms with Crippen molar-refractivity contribution in [3.63, 3.8) is 0 Å². The van der Waals surface area contributed by atoms with E-state index in [0.29, 0.717) is 11.3 Å². The molecule has 0 aliphatic rings. The van der Waals surface area contributed by atoms with Crippen LogP contribution in [0.25, 0.3) is 0 Å². The molecule has 1 N–H and O–H groups in total. The fraction of sp³-hybridized carbons (Fsp3) is 0.400. The molecule has 0 amide bonds. The third kappa shape index (κ3) is 6.16. The molecule has 5 nitrogen and oxygen atoms in total. The summed E-state index contributed by atoms with van der Waals surface area (Å²) >= 11 is 0. The lowest BCUT2D eigenvalue weighted by molar-refractivity contribution is 0.184. The Morgan fingerprint density at radius 3 is 2.15 bits per heavy atom. The van der Waals surface area contributed by atoms with Crippen molar-refractivity contribution >= 4 is 19.8 Å². The van der Waals surface area contributed by atoms with Gasteiger partial charge in [0.1, 0.15) is 0 Å². The molecule has 0 saturated carbocycles. The van der Waals surface area contributed by atoms with E-state index in [2.05, 4.69) is 10.7 Å². The second-order valence-electron chi connectivity index (χ2n) is 6.63. The quantitative estimate of drug-likeness (QED) is 0.631. The molecule has 27 heavy (non-hydrogen) atoms. The van der Waals surface area contributed by atoms with Crippen LogP contribution in [0.15, 0.2) is 68.2 Å². The van der Waals surface area contributed by atoms with Crippen LogP contribution in [0.2, 0.25) is 0 Å². The zero-order valence-corrected chi connectivity index (χ0v) is 17.4. The van der Waals surface area contributed by atoms with E-state index in [4.69, 9.17) is 0 Å². The van der Waals surface area contributed by atoms with Crippen LogP contribution in [0.5, 0.6) is 0 Å². The summed E-state index contributed by atoms with van der Waals surface area (Å²) in [7, 11) is -7.45. The summed E-state index contributed by atoms with van der Waals surface area (Å²) in [4.78, 5) is 0.312. The molecule has 0 unspecified atom stereocenters. The summed E-state index contributed by atoms with van der Waals surface area (Å²) in [5, 5.41) is 10.3. The van der Waals surface area contributed by atoms with E-state index in [-0.39, 0.29) is 10.6 Å². The molecule has 0 bridgehead atoms. The van der Waals surface area contributed by atoms with E-state index in [0.717, 1.165) is 24.8 Å². The number of hydrogen-bond donors (Lipinski definition) is 1. The highest BCUT2D eigenvalue weighted by atomic mass is 32.3. The van der Waals surface area contributed by atoms with Gasteiger partial charge in [-0.3, -0.25) is 0 Å². The van der Waals surface area contributed by atoms with Crippen molar-refractivity contribution in [1.82, 2.24) is 0 Å². The number of nitrogens with zero attached hydrogens (tertiary/aromatic N) is 1. The van der Waals surface area contributed by atoms with Gasteiger partial charge in [-0.2, -0.15) is 8.42 Å². The largest absolute Gasteiger partial charge is 0.392 e. The van der Waals surface area contributed by atoms with Crippen molar-refractivity contribution in [3.8, 4) is 0 Å². The molecular weight excluding hydrogens is 382 g/mol. The van der Waals surface area contributed by atoms with E-state index in [1.807, 2.05) is 6.92 Å². The first kappa shape index (κ1) is 21.6. The Bertz CT molecular complexity index is 945. The highest BCUT2D eigenvalue weighted by Gasteiger charge is 2.23. The zero-order valence-electron chi connectivity index (χ0n) is 15.7. The molecule has 2 aromatic carbocycles. The molecule has 2 rings (SSSR count). The van der Waals surface area contributed by atoms with Gasteiger partial charge in [-0.15, -0.1) is 3.77 Å². The Hall–Kier alpha value is -1.70. The first-order valence-corrected chi connectivity index (χ1v) is 12.2. The second kappa shape index (κ2) is 9.48. The molecule has 0 aliphatic heterocycles. The van der Waals surface area contributed by atoms with E-state index in [9.17, 15) is 17.7 Å². The molecule has 148 valence electrons. The number of aryl methyl sites for hydroxylation is 1. The summed E-state index contributed by atoms with van der Waals surface area (Å²) in [6.45, 7) is 3.91. The summed E-state index contributed by atoms with van der Waals surface area (Å²) in [5.74, 6) is -0.203. The minimum Gasteiger partial charge on any atom is -0.392 e. The average Bonchev–Trinajstić information content (AvgIpc) is 2.62. The Labute approximate surface area is 162 Å². The number of sulfonamides is 1. The van der Waals surface area contributed by atoms with Gasteiger partial charge in [0, 0.05) is 4.90 Å². The van der Waals surface area contributed by atoms with Gasteiger partial charge >= 0.3 is 0 Å². The number of benzene rings is 2. The zero-order chi connectivity index (χ0) is 19.9. The maximum absolute atomic E-state index is 13.6. The number of aliphatic hydroxyl groups is 1. The van der Waals surface area contributed by atoms with Crippen LogP contribution >= 0.6 is 0 Å². The van der Waals surface area contributed by atoms with Crippen LogP contribution < -0.4 is 0 Å². The Kier molecular flexibility index (Phi) is 7.59. The molecule has 2 aromatic rings. The molecule has 7 heteroatoms. The normalized spacial score (nSPS) is 15.1. The minimum atomic E-state index is -4.12. The van der Waals surface area contributed by atoms with Gasteiger partial charge in [0.15, 0.2) is 0 Å². The van der Waals surface area contributed by atoms with Gasteiger partial charge in [0.05, 0.1) is 26.5 Å². The van der Waals surface area contributed by atoms with Gasteiger partial charge < -0.3 is 5.11 Å². The third-order valence-corrected chi connectivity index (χ3v) is 8.67. The van der Waals surface area contributed by atoms with Crippen molar-refractivity contribution < 1.29 is 17.7 Å². The van der Waals surface area contributed by atoms with Crippen LogP contribution in [0.4, 0.5) is 0 Å². The Morgan fingerprint density at radius 1 is 0.926 bits per heavy atom. The Balaban J connectivity index is 2.44. The highest BCUT2D eigenvalue weighted by Crippen LogP contribution is 2.22. The van der Waals surface area contributed by atoms with E-state index >= 15 is 0 Å². The first-order chi connectivity index (χ1) is 12.8. The highest BCUT2D eigenvalue weighted by molar-refractivity contribution is 8.03.